The highest BCUT2D eigenvalue weighted by Crippen LogP contribution is 2.26. The van der Waals surface area contributed by atoms with Crippen molar-refractivity contribution in [1.82, 2.24) is 0 Å². The number of hydrogen-bond donors (Lipinski definition) is 1. The van der Waals surface area contributed by atoms with Crippen molar-refractivity contribution in [1.29, 1.82) is 0 Å². The second kappa shape index (κ2) is 8.98. The predicted octanol–water partition coefficient (Wildman–Crippen LogP) is 4.54. The van der Waals surface area contributed by atoms with Crippen molar-refractivity contribution in [3.63, 3.8) is 0 Å². The zero-order chi connectivity index (χ0) is 20.9. The molecule has 0 heterocycles. The number of carbonyl (C=O) groups excluding carboxylic acids is 1. The second-order valence-corrected chi connectivity index (χ2v) is 8.52. The fourth-order valence-corrected chi connectivity index (χ4v) is 3.63. The number of sulfonamides is 1. The van der Waals surface area contributed by atoms with Gasteiger partial charge in [-0.05, 0) is 48.5 Å². The van der Waals surface area contributed by atoms with Gasteiger partial charge in [0.15, 0.2) is 0 Å². The third-order valence-electron chi connectivity index (χ3n) is 3.94. The Morgan fingerprint density at radius 1 is 0.931 bits per heavy atom. The summed E-state index contributed by atoms with van der Waals surface area (Å²) < 4.78 is 31.2. The van der Waals surface area contributed by atoms with Crippen molar-refractivity contribution in [2.45, 2.75) is 0 Å². The van der Waals surface area contributed by atoms with Gasteiger partial charge in [0.1, 0.15) is 18.0 Å². The highest BCUT2D eigenvalue weighted by atomic mass is 35.5. The first kappa shape index (κ1) is 20.7. The first-order valence-corrected chi connectivity index (χ1v) is 10.9. The minimum atomic E-state index is -3.69. The number of anilines is 2. The maximum absolute atomic E-state index is 12.4. The third kappa shape index (κ3) is 5.73. The highest BCUT2D eigenvalue weighted by Gasteiger charge is 2.21. The monoisotopic (exact) mass is 430 g/mol. The summed E-state index contributed by atoms with van der Waals surface area (Å²) in [6.07, 6.45) is 1.05. The lowest BCUT2D eigenvalue weighted by Crippen LogP contribution is -2.37. The maximum atomic E-state index is 12.4. The van der Waals surface area contributed by atoms with Gasteiger partial charge in [0.05, 0.1) is 22.7 Å². The van der Waals surface area contributed by atoms with Crippen LogP contribution in [0.4, 0.5) is 11.4 Å². The van der Waals surface area contributed by atoms with E-state index in [9.17, 15) is 13.2 Å². The van der Waals surface area contributed by atoms with Gasteiger partial charge in [-0.2, -0.15) is 0 Å². The summed E-state index contributed by atoms with van der Waals surface area (Å²) in [4.78, 5) is 12.4. The van der Waals surface area contributed by atoms with Crippen LogP contribution in [0.15, 0.2) is 78.9 Å². The van der Waals surface area contributed by atoms with E-state index < -0.39 is 15.9 Å². The number of nitrogens with one attached hydrogen (secondary N) is 1. The molecule has 0 aromatic heterocycles. The summed E-state index contributed by atoms with van der Waals surface area (Å²) in [6, 6.07) is 22.4. The quantitative estimate of drug-likeness (QED) is 0.597. The molecule has 3 rings (SSSR count). The molecule has 1 amide bonds. The Balaban J connectivity index is 1.75. The van der Waals surface area contributed by atoms with E-state index in [-0.39, 0.29) is 6.54 Å². The normalized spacial score (nSPS) is 11.0. The van der Waals surface area contributed by atoms with Crippen molar-refractivity contribution in [2.24, 2.45) is 0 Å². The Bertz CT molecular complexity index is 1090. The van der Waals surface area contributed by atoms with Crippen molar-refractivity contribution in [3.05, 3.63) is 83.9 Å². The number of para-hydroxylation sites is 2. The third-order valence-corrected chi connectivity index (χ3v) is 5.41. The summed E-state index contributed by atoms with van der Waals surface area (Å²) in [7, 11) is -3.69. The molecule has 0 aliphatic carbocycles. The molecule has 0 bridgehead atoms. The van der Waals surface area contributed by atoms with Gasteiger partial charge in [0.2, 0.25) is 15.9 Å². The number of ether oxygens (including phenoxy) is 1. The highest BCUT2D eigenvalue weighted by molar-refractivity contribution is 7.92. The van der Waals surface area contributed by atoms with Crippen LogP contribution >= 0.6 is 11.6 Å². The average Bonchev–Trinajstić information content (AvgIpc) is 2.69. The Morgan fingerprint density at radius 3 is 2.14 bits per heavy atom. The van der Waals surface area contributed by atoms with E-state index in [1.165, 1.54) is 0 Å². The summed E-state index contributed by atoms with van der Waals surface area (Å²) in [5, 5.41) is 2.99. The van der Waals surface area contributed by atoms with E-state index in [1.807, 2.05) is 30.3 Å². The van der Waals surface area contributed by atoms with Gasteiger partial charge in [0, 0.05) is 0 Å². The Hall–Kier alpha value is -3.03. The molecular formula is C21H19ClN2O4S. The van der Waals surface area contributed by atoms with Crippen molar-refractivity contribution < 1.29 is 17.9 Å². The predicted molar refractivity (Wildman–Crippen MR) is 115 cm³/mol. The summed E-state index contributed by atoms with van der Waals surface area (Å²) >= 11 is 6.04. The van der Waals surface area contributed by atoms with Crippen molar-refractivity contribution in [2.75, 3.05) is 22.4 Å². The van der Waals surface area contributed by atoms with E-state index >= 15 is 0 Å². The zero-order valence-corrected chi connectivity index (χ0v) is 17.2. The smallest absolute Gasteiger partial charge is 0.245 e. The van der Waals surface area contributed by atoms with Crippen LogP contribution < -0.4 is 14.4 Å². The maximum Gasteiger partial charge on any atom is 0.245 e. The summed E-state index contributed by atoms with van der Waals surface area (Å²) in [6.45, 7) is -0.386. The van der Waals surface area contributed by atoms with E-state index in [0.29, 0.717) is 27.9 Å². The minimum Gasteiger partial charge on any atom is -0.457 e. The molecule has 0 radical (unpaired) electrons. The van der Waals surface area contributed by atoms with Crippen LogP contribution in [-0.4, -0.2) is 27.1 Å². The molecule has 0 unspecified atom stereocenters. The van der Waals surface area contributed by atoms with Crippen LogP contribution in [-0.2, 0) is 14.8 Å². The topological polar surface area (TPSA) is 75.7 Å². The molecule has 150 valence electrons. The Kier molecular flexibility index (Phi) is 6.41. The lowest BCUT2D eigenvalue weighted by molar-refractivity contribution is -0.114. The standard InChI is InChI=1S/C21H19ClN2O4S/c1-29(26,27)24(15-21(25)23-20-10-6-5-9-19(20)22)16-11-13-18(14-12-16)28-17-7-3-2-4-8-17/h2-14H,15H2,1H3,(H,23,25). The fraction of sp³-hybridized carbons (Fsp3) is 0.0952. The average molecular weight is 431 g/mol. The SMILES string of the molecule is CS(=O)(=O)N(CC(=O)Nc1ccccc1Cl)c1ccc(Oc2ccccc2)cc1. The van der Waals surface area contributed by atoms with Crippen LogP contribution in [0.2, 0.25) is 5.02 Å². The van der Waals surface area contributed by atoms with Gasteiger partial charge in [-0.3, -0.25) is 9.10 Å². The molecule has 29 heavy (non-hydrogen) atoms. The molecule has 0 fully saturated rings. The van der Waals surface area contributed by atoms with E-state index in [1.54, 1.807) is 48.5 Å². The van der Waals surface area contributed by atoms with Crippen molar-refractivity contribution in [3.8, 4) is 11.5 Å². The molecule has 6 nitrogen and oxygen atoms in total. The van der Waals surface area contributed by atoms with Crippen molar-refractivity contribution >= 4 is 38.9 Å². The van der Waals surface area contributed by atoms with Crippen LogP contribution in [0, 0.1) is 0 Å². The summed E-state index contributed by atoms with van der Waals surface area (Å²) in [5.74, 6) is 0.710. The molecule has 0 aliphatic rings. The van der Waals surface area contributed by atoms with Crippen LogP contribution in [0.5, 0.6) is 11.5 Å². The number of carbonyl (C=O) groups is 1. The molecule has 3 aromatic rings. The Labute approximate surface area is 174 Å². The van der Waals surface area contributed by atoms with Gasteiger partial charge in [0.25, 0.3) is 0 Å². The molecule has 0 saturated carbocycles. The van der Waals surface area contributed by atoms with Gasteiger partial charge >= 0.3 is 0 Å². The molecule has 0 atom stereocenters. The van der Waals surface area contributed by atoms with E-state index in [4.69, 9.17) is 16.3 Å². The van der Waals surface area contributed by atoms with E-state index in [2.05, 4.69) is 5.32 Å². The summed E-state index contributed by atoms with van der Waals surface area (Å²) in [5.41, 5.74) is 0.765. The number of nitrogens with zero attached hydrogens (tertiary/aromatic N) is 1. The Morgan fingerprint density at radius 2 is 1.52 bits per heavy atom. The van der Waals surface area contributed by atoms with Gasteiger partial charge < -0.3 is 10.1 Å². The minimum absolute atomic E-state index is 0.349. The van der Waals surface area contributed by atoms with Crippen LogP contribution in [0.25, 0.3) is 0 Å². The number of halogens is 1. The first-order chi connectivity index (χ1) is 13.8. The number of hydrogen-bond acceptors (Lipinski definition) is 4. The van der Waals surface area contributed by atoms with Crippen LogP contribution in [0.3, 0.4) is 0 Å². The van der Waals surface area contributed by atoms with Gasteiger partial charge in [-0.15, -0.1) is 0 Å². The fourth-order valence-electron chi connectivity index (χ4n) is 2.59. The zero-order valence-electron chi connectivity index (χ0n) is 15.6. The second-order valence-electron chi connectivity index (χ2n) is 6.21. The lowest BCUT2D eigenvalue weighted by Gasteiger charge is -2.22. The lowest BCUT2D eigenvalue weighted by atomic mass is 10.3. The number of benzene rings is 3. The molecule has 3 aromatic carbocycles. The molecule has 1 N–H and O–H groups in total. The molecule has 8 heteroatoms. The first-order valence-electron chi connectivity index (χ1n) is 8.68. The number of rotatable bonds is 7. The van der Waals surface area contributed by atoms with Gasteiger partial charge in [-0.1, -0.05) is 41.9 Å². The molecule has 0 aliphatic heterocycles. The largest absolute Gasteiger partial charge is 0.457 e. The number of amides is 1. The van der Waals surface area contributed by atoms with Gasteiger partial charge in [-0.25, -0.2) is 8.42 Å². The molecule has 0 saturated heterocycles. The molecule has 0 spiro atoms. The molecular weight excluding hydrogens is 412 g/mol. The van der Waals surface area contributed by atoms with E-state index in [0.717, 1.165) is 10.6 Å². The van der Waals surface area contributed by atoms with Crippen LogP contribution in [0.1, 0.15) is 0 Å².